The lowest BCUT2D eigenvalue weighted by atomic mass is 10.3. The normalized spacial score (nSPS) is 11.7. The van der Waals surface area contributed by atoms with Gasteiger partial charge in [-0.25, -0.2) is 12.8 Å². The SMILES string of the molecule is CC(C)N(c1ccccc1)S(=O)(=O)c1cc(F)ccc1Cl. The number of nitrogens with zero attached hydrogens (tertiary/aromatic N) is 1. The summed E-state index contributed by atoms with van der Waals surface area (Å²) in [5.41, 5.74) is 0.507. The molecule has 0 heterocycles. The summed E-state index contributed by atoms with van der Waals surface area (Å²) in [5, 5.41) is -0.00187. The summed E-state index contributed by atoms with van der Waals surface area (Å²) in [5.74, 6) is -0.644. The van der Waals surface area contributed by atoms with Crippen LogP contribution in [0.4, 0.5) is 10.1 Å². The van der Waals surface area contributed by atoms with Crippen LogP contribution in [0.5, 0.6) is 0 Å². The lowest BCUT2D eigenvalue weighted by molar-refractivity contribution is 0.580. The van der Waals surface area contributed by atoms with Gasteiger partial charge in [-0.3, -0.25) is 4.31 Å². The second kappa shape index (κ2) is 6.03. The van der Waals surface area contributed by atoms with Crippen LogP contribution in [0.2, 0.25) is 5.02 Å². The standard InChI is InChI=1S/C15H15ClFNO2S/c1-11(2)18(13-6-4-3-5-7-13)21(19,20)15-10-12(17)8-9-14(15)16/h3-11H,1-2H3. The van der Waals surface area contributed by atoms with E-state index in [0.29, 0.717) is 5.69 Å². The first kappa shape index (κ1) is 15.8. The highest BCUT2D eigenvalue weighted by molar-refractivity contribution is 7.93. The second-order valence-corrected chi connectivity index (χ2v) is 7.00. The Morgan fingerprint density at radius 1 is 1.10 bits per heavy atom. The molecule has 2 aromatic carbocycles. The summed E-state index contributed by atoms with van der Waals surface area (Å²) in [4.78, 5) is -0.235. The zero-order chi connectivity index (χ0) is 15.6. The molecule has 0 radical (unpaired) electrons. The third kappa shape index (κ3) is 3.19. The highest BCUT2D eigenvalue weighted by Crippen LogP contribution is 2.30. The molecule has 2 rings (SSSR count). The average Bonchev–Trinajstić information content (AvgIpc) is 2.42. The van der Waals surface area contributed by atoms with Crippen molar-refractivity contribution in [2.24, 2.45) is 0 Å². The third-order valence-electron chi connectivity index (χ3n) is 2.91. The fraction of sp³-hybridized carbons (Fsp3) is 0.200. The van der Waals surface area contributed by atoms with Crippen molar-refractivity contribution in [2.45, 2.75) is 24.8 Å². The van der Waals surface area contributed by atoms with E-state index >= 15 is 0 Å². The van der Waals surface area contributed by atoms with Crippen LogP contribution >= 0.6 is 11.6 Å². The molecular weight excluding hydrogens is 313 g/mol. The van der Waals surface area contributed by atoms with Gasteiger partial charge in [-0.15, -0.1) is 0 Å². The fourth-order valence-corrected chi connectivity index (χ4v) is 4.22. The van der Waals surface area contributed by atoms with Crippen molar-refractivity contribution in [2.75, 3.05) is 4.31 Å². The molecule has 0 N–H and O–H groups in total. The number of anilines is 1. The van der Waals surface area contributed by atoms with Crippen molar-refractivity contribution in [3.05, 3.63) is 59.4 Å². The molecule has 0 atom stereocenters. The molecule has 0 aliphatic carbocycles. The van der Waals surface area contributed by atoms with Crippen LogP contribution in [0.1, 0.15) is 13.8 Å². The Morgan fingerprint density at radius 2 is 1.71 bits per heavy atom. The van der Waals surface area contributed by atoms with E-state index in [-0.39, 0.29) is 16.0 Å². The van der Waals surface area contributed by atoms with E-state index in [9.17, 15) is 12.8 Å². The first-order valence-corrected chi connectivity index (χ1v) is 8.20. The minimum atomic E-state index is -3.95. The number of benzene rings is 2. The summed E-state index contributed by atoms with van der Waals surface area (Å²) >= 11 is 5.94. The largest absolute Gasteiger partial charge is 0.266 e. The van der Waals surface area contributed by atoms with Gasteiger partial charge in [0, 0.05) is 6.04 Å². The van der Waals surface area contributed by atoms with E-state index < -0.39 is 15.8 Å². The van der Waals surface area contributed by atoms with Crippen LogP contribution in [0.3, 0.4) is 0 Å². The molecule has 3 nitrogen and oxygen atoms in total. The van der Waals surface area contributed by atoms with Gasteiger partial charge >= 0.3 is 0 Å². The van der Waals surface area contributed by atoms with Crippen LogP contribution in [0.25, 0.3) is 0 Å². The van der Waals surface area contributed by atoms with Crippen molar-refractivity contribution in [1.82, 2.24) is 0 Å². The number of halogens is 2. The predicted octanol–water partition coefficient (Wildman–Crippen LogP) is 4.08. The van der Waals surface area contributed by atoms with Gasteiger partial charge in [-0.1, -0.05) is 29.8 Å². The first-order chi connectivity index (χ1) is 9.84. The molecule has 0 spiro atoms. The van der Waals surface area contributed by atoms with Gasteiger partial charge in [0.1, 0.15) is 10.7 Å². The Morgan fingerprint density at radius 3 is 2.29 bits per heavy atom. The fourth-order valence-electron chi connectivity index (χ4n) is 2.07. The molecule has 0 aliphatic rings. The highest BCUT2D eigenvalue weighted by Gasteiger charge is 2.29. The van der Waals surface area contributed by atoms with E-state index in [1.54, 1.807) is 44.2 Å². The Labute approximate surface area is 129 Å². The van der Waals surface area contributed by atoms with Crippen LogP contribution in [-0.2, 0) is 10.0 Å². The molecule has 0 saturated heterocycles. The Bertz CT molecular complexity index is 733. The van der Waals surface area contributed by atoms with Crippen LogP contribution in [0.15, 0.2) is 53.4 Å². The minimum Gasteiger partial charge on any atom is -0.264 e. The molecule has 0 aromatic heterocycles. The van der Waals surface area contributed by atoms with Gasteiger partial charge in [-0.05, 0) is 44.2 Å². The smallest absolute Gasteiger partial charge is 0.264 e. The second-order valence-electron chi connectivity index (χ2n) is 4.80. The summed E-state index contributed by atoms with van der Waals surface area (Å²) in [6.07, 6.45) is 0. The zero-order valence-corrected chi connectivity index (χ0v) is 13.2. The van der Waals surface area contributed by atoms with Crippen molar-refractivity contribution in [3.8, 4) is 0 Å². The van der Waals surface area contributed by atoms with E-state index in [1.807, 2.05) is 0 Å². The molecule has 0 aliphatic heterocycles. The van der Waals surface area contributed by atoms with E-state index in [2.05, 4.69) is 0 Å². The molecule has 0 bridgehead atoms. The van der Waals surface area contributed by atoms with Gasteiger partial charge in [0.2, 0.25) is 0 Å². The van der Waals surface area contributed by atoms with Crippen LogP contribution < -0.4 is 4.31 Å². The van der Waals surface area contributed by atoms with Gasteiger partial charge in [0.05, 0.1) is 10.7 Å². The maximum absolute atomic E-state index is 13.4. The molecule has 0 amide bonds. The molecule has 2 aromatic rings. The Hall–Kier alpha value is -1.59. The van der Waals surface area contributed by atoms with Crippen LogP contribution in [0, 0.1) is 5.82 Å². The van der Waals surface area contributed by atoms with E-state index in [1.165, 1.54) is 10.4 Å². The first-order valence-electron chi connectivity index (χ1n) is 6.38. The lowest BCUT2D eigenvalue weighted by Crippen LogP contribution is -2.37. The maximum Gasteiger partial charge on any atom is 0.266 e. The number of hydrogen-bond donors (Lipinski definition) is 0. The summed E-state index contributed by atoms with van der Waals surface area (Å²) in [6, 6.07) is 11.6. The Kier molecular flexibility index (Phi) is 4.54. The van der Waals surface area contributed by atoms with Gasteiger partial charge in [0.25, 0.3) is 10.0 Å². The molecule has 0 unspecified atom stereocenters. The van der Waals surface area contributed by atoms with Crippen molar-refractivity contribution >= 4 is 27.3 Å². The quantitative estimate of drug-likeness (QED) is 0.848. The van der Waals surface area contributed by atoms with Crippen LogP contribution in [-0.4, -0.2) is 14.5 Å². The van der Waals surface area contributed by atoms with Gasteiger partial charge < -0.3 is 0 Å². The zero-order valence-electron chi connectivity index (χ0n) is 11.6. The maximum atomic E-state index is 13.4. The third-order valence-corrected chi connectivity index (χ3v) is 5.40. The lowest BCUT2D eigenvalue weighted by Gasteiger charge is -2.28. The van der Waals surface area contributed by atoms with Gasteiger partial charge in [0.15, 0.2) is 0 Å². The van der Waals surface area contributed by atoms with Crippen molar-refractivity contribution in [3.63, 3.8) is 0 Å². The molecule has 0 fully saturated rings. The predicted molar refractivity (Wildman–Crippen MR) is 82.7 cm³/mol. The van der Waals surface area contributed by atoms with Crippen molar-refractivity contribution < 1.29 is 12.8 Å². The molecule has 6 heteroatoms. The molecule has 0 saturated carbocycles. The summed E-state index contributed by atoms with van der Waals surface area (Å²) < 4.78 is 40.3. The number of hydrogen-bond acceptors (Lipinski definition) is 2. The van der Waals surface area contributed by atoms with E-state index in [4.69, 9.17) is 11.6 Å². The number of rotatable bonds is 4. The Balaban J connectivity index is 2.61. The van der Waals surface area contributed by atoms with E-state index in [0.717, 1.165) is 12.1 Å². The monoisotopic (exact) mass is 327 g/mol. The molecule has 21 heavy (non-hydrogen) atoms. The topological polar surface area (TPSA) is 37.4 Å². The summed E-state index contributed by atoms with van der Waals surface area (Å²) in [7, 11) is -3.95. The minimum absolute atomic E-state index is 0.00187. The molecule has 112 valence electrons. The van der Waals surface area contributed by atoms with Crippen molar-refractivity contribution in [1.29, 1.82) is 0 Å². The van der Waals surface area contributed by atoms with Gasteiger partial charge in [-0.2, -0.15) is 0 Å². The molecular formula is C15H15ClFNO2S. The summed E-state index contributed by atoms with van der Waals surface area (Å²) in [6.45, 7) is 3.50. The number of sulfonamides is 1. The average molecular weight is 328 g/mol. The highest BCUT2D eigenvalue weighted by atomic mass is 35.5. The number of para-hydroxylation sites is 1.